The van der Waals surface area contributed by atoms with E-state index in [4.69, 9.17) is 0 Å². The summed E-state index contributed by atoms with van der Waals surface area (Å²) in [4.78, 5) is 16.4. The van der Waals surface area contributed by atoms with Crippen molar-refractivity contribution >= 4 is 28.7 Å². The number of thiophene rings is 1. The number of hydrogen-bond acceptors (Lipinski definition) is 6. The molecule has 0 bridgehead atoms. The maximum atomic E-state index is 12.3. The van der Waals surface area contributed by atoms with Crippen LogP contribution in [-0.2, 0) is 0 Å². The average molecular weight is 342 g/mol. The van der Waals surface area contributed by atoms with E-state index in [0.717, 1.165) is 47.2 Å². The Morgan fingerprint density at radius 1 is 1.25 bits per heavy atom. The minimum atomic E-state index is 0.0376. The highest BCUT2D eigenvalue weighted by Crippen LogP contribution is 2.19. The van der Waals surface area contributed by atoms with E-state index < -0.39 is 0 Å². The molecule has 1 fully saturated rings. The van der Waals surface area contributed by atoms with Crippen LogP contribution in [0.25, 0.3) is 5.65 Å². The molecule has 4 heterocycles. The van der Waals surface area contributed by atoms with E-state index in [2.05, 4.69) is 25.5 Å². The second-order valence-corrected chi connectivity index (χ2v) is 7.26. The molecule has 1 amide bonds. The van der Waals surface area contributed by atoms with Crippen molar-refractivity contribution in [3.63, 3.8) is 0 Å². The van der Waals surface area contributed by atoms with Crippen LogP contribution >= 0.6 is 11.3 Å². The van der Waals surface area contributed by atoms with Crippen LogP contribution in [0.3, 0.4) is 0 Å². The molecule has 4 rings (SSSR count). The Bertz CT molecular complexity index is 864. The molecule has 0 unspecified atom stereocenters. The van der Waals surface area contributed by atoms with Gasteiger partial charge >= 0.3 is 0 Å². The zero-order valence-electron chi connectivity index (χ0n) is 13.3. The van der Waals surface area contributed by atoms with Gasteiger partial charge in [-0.1, -0.05) is 0 Å². The first-order chi connectivity index (χ1) is 11.7. The summed E-state index contributed by atoms with van der Waals surface area (Å²) in [6.07, 6.45) is 3.44. The van der Waals surface area contributed by atoms with E-state index >= 15 is 0 Å². The Morgan fingerprint density at radius 3 is 2.83 bits per heavy atom. The number of nitrogens with zero attached hydrogens (tertiary/aromatic N) is 5. The van der Waals surface area contributed by atoms with Crippen molar-refractivity contribution < 1.29 is 4.79 Å². The minimum Gasteiger partial charge on any atom is -0.355 e. The third-order valence-electron chi connectivity index (χ3n) is 4.27. The number of aromatic nitrogens is 4. The number of fused-ring (bicyclic) bond motifs is 1. The number of carbonyl (C=O) groups excluding carboxylic acids is 1. The average Bonchev–Trinajstić information content (AvgIpc) is 3.23. The van der Waals surface area contributed by atoms with E-state index in [1.807, 2.05) is 31.2 Å². The molecule has 1 N–H and O–H groups in total. The Hall–Kier alpha value is -2.48. The molecular weight excluding hydrogens is 324 g/mol. The van der Waals surface area contributed by atoms with E-state index in [1.165, 1.54) is 11.3 Å². The summed E-state index contributed by atoms with van der Waals surface area (Å²) in [5.41, 5.74) is 0.743. The van der Waals surface area contributed by atoms with Gasteiger partial charge in [-0.15, -0.1) is 26.6 Å². The maximum Gasteiger partial charge on any atom is 0.261 e. The summed E-state index contributed by atoms with van der Waals surface area (Å²) in [5.74, 6) is 0.955. The smallest absolute Gasteiger partial charge is 0.261 e. The number of aryl methyl sites for hydroxylation is 1. The van der Waals surface area contributed by atoms with Crippen LogP contribution in [0.4, 0.5) is 5.82 Å². The topological polar surface area (TPSA) is 75.4 Å². The van der Waals surface area contributed by atoms with Crippen LogP contribution in [0.5, 0.6) is 0 Å². The number of amides is 1. The highest BCUT2D eigenvalue weighted by atomic mass is 32.1. The first kappa shape index (κ1) is 15.1. The molecule has 0 spiro atoms. The van der Waals surface area contributed by atoms with E-state index in [0.29, 0.717) is 0 Å². The summed E-state index contributed by atoms with van der Waals surface area (Å²) >= 11 is 1.54. The van der Waals surface area contributed by atoms with E-state index in [1.54, 1.807) is 10.8 Å². The molecule has 0 radical (unpaired) electrons. The number of nitrogens with one attached hydrogen (secondary N) is 1. The van der Waals surface area contributed by atoms with E-state index in [9.17, 15) is 4.79 Å². The second kappa shape index (κ2) is 6.20. The first-order valence-corrected chi connectivity index (χ1v) is 8.80. The van der Waals surface area contributed by atoms with Crippen molar-refractivity contribution in [2.45, 2.75) is 25.8 Å². The number of hydrogen-bond donors (Lipinski definition) is 1. The molecule has 0 saturated carbocycles. The van der Waals surface area contributed by atoms with Crippen molar-refractivity contribution in [1.29, 1.82) is 0 Å². The second-order valence-electron chi connectivity index (χ2n) is 5.97. The molecule has 7 nitrogen and oxygen atoms in total. The third kappa shape index (κ3) is 2.96. The quantitative estimate of drug-likeness (QED) is 0.787. The Balaban J connectivity index is 1.37. The number of piperidine rings is 1. The van der Waals surface area contributed by atoms with Crippen molar-refractivity contribution in [1.82, 2.24) is 25.1 Å². The van der Waals surface area contributed by atoms with E-state index in [-0.39, 0.29) is 11.9 Å². The molecule has 3 aromatic heterocycles. The van der Waals surface area contributed by atoms with Gasteiger partial charge in [0, 0.05) is 24.0 Å². The predicted octanol–water partition coefficient (Wildman–Crippen LogP) is 1.89. The van der Waals surface area contributed by atoms with Crippen LogP contribution in [0.2, 0.25) is 0 Å². The third-order valence-corrected chi connectivity index (χ3v) is 5.27. The van der Waals surface area contributed by atoms with Gasteiger partial charge in [-0.25, -0.2) is 0 Å². The molecule has 1 saturated heterocycles. The molecule has 1 aliphatic rings. The lowest BCUT2D eigenvalue weighted by molar-refractivity contribution is 0.0935. The number of carbonyl (C=O) groups is 1. The van der Waals surface area contributed by atoms with Crippen molar-refractivity contribution in [2.24, 2.45) is 0 Å². The molecule has 24 heavy (non-hydrogen) atoms. The summed E-state index contributed by atoms with van der Waals surface area (Å²) in [7, 11) is 0. The summed E-state index contributed by atoms with van der Waals surface area (Å²) in [5, 5.41) is 15.5. The zero-order chi connectivity index (χ0) is 16.5. The molecule has 1 aliphatic heterocycles. The molecular formula is C16H18N6OS. The fourth-order valence-corrected chi connectivity index (χ4v) is 3.72. The Kier molecular flexibility index (Phi) is 3.89. The molecule has 0 atom stereocenters. The van der Waals surface area contributed by atoms with Crippen LogP contribution < -0.4 is 10.2 Å². The highest BCUT2D eigenvalue weighted by Gasteiger charge is 2.22. The number of rotatable bonds is 3. The standard InChI is InChI=1S/C16H18N6OS/c1-11-2-3-13(24-11)16(23)18-12-6-8-21(9-7-12)15-5-4-14-19-17-10-22(14)20-15/h2-5,10,12H,6-9H2,1H3,(H,18,23). The van der Waals surface area contributed by atoms with Gasteiger partial charge in [0.2, 0.25) is 0 Å². The zero-order valence-corrected chi connectivity index (χ0v) is 14.2. The van der Waals surface area contributed by atoms with Gasteiger partial charge in [0.25, 0.3) is 5.91 Å². The fourth-order valence-electron chi connectivity index (χ4n) is 2.95. The molecule has 0 aliphatic carbocycles. The monoisotopic (exact) mass is 342 g/mol. The van der Waals surface area contributed by atoms with Gasteiger partial charge in [0.15, 0.2) is 5.65 Å². The highest BCUT2D eigenvalue weighted by molar-refractivity contribution is 7.13. The van der Waals surface area contributed by atoms with Gasteiger partial charge in [-0.2, -0.15) is 4.52 Å². The van der Waals surface area contributed by atoms with Crippen LogP contribution in [0.1, 0.15) is 27.4 Å². The van der Waals surface area contributed by atoms with Gasteiger partial charge in [0.1, 0.15) is 12.1 Å². The first-order valence-electron chi connectivity index (χ1n) is 7.98. The fraction of sp³-hybridized carbons (Fsp3) is 0.375. The maximum absolute atomic E-state index is 12.3. The molecule has 3 aromatic rings. The molecule has 8 heteroatoms. The normalized spacial score (nSPS) is 15.8. The minimum absolute atomic E-state index is 0.0376. The molecule has 0 aromatic carbocycles. The molecule has 124 valence electrons. The van der Waals surface area contributed by atoms with Crippen molar-refractivity contribution in [3.05, 3.63) is 40.3 Å². The lowest BCUT2D eigenvalue weighted by Gasteiger charge is -2.32. The van der Waals surface area contributed by atoms with Gasteiger partial charge in [-0.3, -0.25) is 4.79 Å². The Morgan fingerprint density at radius 2 is 2.08 bits per heavy atom. The van der Waals surface area contributed by atoms with Crippen molar-refractivity contribution in [2.75, 3.05) is 18.0 Å². The number of anilines is 1. The van der Waals surface area contributed by atoms with Crippen LogP contribution in [0.15, 0.2) is 30.6 Å². The van der Waals surface area contributed by atoms with Crippen LogP contribution in [-0.4, -0.2) is 44.8 Å². The summed E-state index contributed by atoms with van der Waals surface area (Å²) < 4.78 is 1.68. The largest absolute Gasteiger partial charge is 0.355 e. The summed E-state index contributed by atoms with van der Waals surface area (Å²) in [6.45, 7) is 3.75. The predicted molar refractivity (Wildman–Crippen MR) is 92.5 cm³/mol. The lowest BCUT2D eigenvalue weighted by atomic mass is 10.0. The SMILES string of the molecule is Cc1ccc(C(=O)NC2CCN(c3ccc4nncn4n3)CC2)s1. The van der Waals surface area contributed by atoms with Gasteiger partial charge < -0.3 is 10.2 Å². The van der Waals surface area contributed by atoms with Gasteiger partial charge in [-0.05, 0) is 44.0 Å². The Labute approximate surface area is 143 Å². The van der Waals surface area contributed by atoms with Gasteiger partial charge in [0.05, 0.1) is 4.88 Å². The van der Waals surface area contributed by atoms with Crippen LogP contribution in [0, 0.1) is 6.92 Å². The summed E-state index contributed by atoms with van der Waals surface area (Å²) in [6, 6.07) is 7.98. The van der Waals surface area contributed by atoms with Crippen molar-refractivity contribution in [3.8, 4) is 0 Å². The lowest BCUT2D eigenvalue weighted by Crippen LogP contribution is -2.44.